The van der Waals surface area contributed by atoms with Crippen molar-refractivity contribution in [2.45, 2.75) is 19.4 Å². The maximum absolute atomic E-state index is 12.0. The van der Waals surface area contributed by atoms with E-state index >= 15 is 0 Å². The van der Waals surface area contributed by atoms with Crippen LogP contribution < -0.4 is 5.32 Å². The summed E-state index contributed by atoms with van der Waals surface area (Å²) in [5.74, 6) is 0.409. The molecular weight excluding hydrogens is 342 g/mol. The molecule has 4 aromatic rings. The first-order chi connectivity index (χ1) is 13.3. The van der Waals surface area contributed by atoms with Crippen LogP contribution in [0.1, 0.15) is 18.4 Å². The molecule has 1 N–H and O–H groups in total. The topological polar surface area (TPSA) is 90.0 Å². The molecule has 0 radical (unpaired) electrons. The number of carbonyl (C=O) groups is 1. The zero-order chi connectivity index (χ0) is 18.2. The summed E-state index contributed by atoms with van der Waals surface area (Å²) in [6.07, 6.45) is 3.76. The van der Waals surface area contributed by atoms with E-state index in [1.54, 1.807) is 9.20 Å². The summed E-state index contributed by atoms with van der Waals surface area (Å²) in [5, 5.41) is 15.7. The lowest BCUT2D eigenvalue weighted by molar-refractivity contribution is -0.117. The second-order valence-corrected chi connectivity index (χ2v) is 6.67. The molecule has 1 saturated carbocycles. The SMILES string of the molecule is O=C(Nc1nc2cccc(-c3cn(Cc4ccccc4)nn3)n2n1)C1CC1. The number of pyridine rings is 1. The highest BCUT2D eigenvalue weighted by Crippen LogP contribution is 2.30. The van der Waals surface area contributed by atoms with E-state index in [1.165, 1.54) is 0 Å². The third-order valence-electron chi connectivity index (χ3n) is 4.53. The molecule has 1 aliphatic rings. The largest absolute Gasteiger partial charge is 0.293 e. The summed E-state index contributed by atoms with van der Waals surface area (Å²) >= 11 is 0. The van der Waals surface area contributed by atoms with Crippen LogP contribution in [-0.4, -0.2) is 35.5 Å². The predicted molar refractivity (Wildman–Crippen MR) is 98.9 cm³/mol. The molecule has 5 rings (SSSR count). The van der Waals surface area contributed by atoms with Gasteiger partial charge in [0.25, 0.3) is 0 Å². The van der Waals surface area contributed by atoms with Gasteiger partial charge in [-0.3, -0.25) is 10.1 Å². The molecule has 134 valence electrons. The molecule has 0 unspecified atom stereocenters. The fourth-order valence-electron chi connectivity index (χ4n) is 2.97. The molecular formula is C19H17N7O. The second kappa shape index (κ2) is 6.31. The minimum Gasteiger partial charge on any atom is -0.293 e. The highest BCUT2D eigenvalue weighted by atomic mass is 16.2. The Morgan fingerprint density at radius 3 is 2.78 bits per heavy atom. The van der Waals surface area contributed by atoms with Gasteiger partial charge in [-0.15, -0.1) is 10.2 Å². The van der Waals surface area contributed by atoms with Gasteiger partial charge in [0.05, 0.1) is 18.4 Å². The number of rotatable bonds is 5. The van der Waals surface area contributed by atoms with Gasteiger partial charge in [-0.25, -0.2) is 9.20 Å². The van der Waals surface area contributed by atoms with Crippen LogP contribution in [0.2, 0.25) is 0 Å². The van der Waals surface area contributed by atoms with Gasteiger partial charge in [0.2, 0.25) is 11.9 Å². The summed E-state index contributed by atoms with van der Waals surface area (Å²) < 4.78 is 3.47. The standard InChI is InChI=1S/C19H17N7O/c27-18(14-9-10-14)21-19-20-17-8-4-7-16(26(17)23-19)15-12-25(24-22-15)11-13-5-2-1-3-6-13/h1-8,12,14H,9-11H2,(H,21,23,27). The molecule has 1 aliphatic carbocycles. The van der Waals surface area contributed by atoms with Crippen LogP contribution in [0.3, 0.4) is 0 Å². The lowest BCUT2D eigenvalue weighted by Gasteiger charge is -2.00. The Labute approximate surface area is 154 Å². The van der Waals surface area contributed by atoms with Crippen molar-refractivity contribution in [1.82, 2.24) is 29.6 Å². The molecule has 0 atom stereocenters. The molecule has 3 aromatic heterocycles. The Morgan fingerprint density at radius 2 is 1.96 bits per heavy atom. The van der Waals surface area contributed by atoms with Crippen LogP contribution in [0.15, 0.2) is 54.7 Å². The summed E-state index contributed by atoms with van der Waals surface area (Å²) in [7, 11) is 0. The van der Waals surface area contributed by atoms with Crippen LogP contribution in [0, 0.1) is 5.92 Å². The highest BCUT2D eigenvalue weighted by Gasteiger charge is 2.30. The maximum Gasteiger partial charge on any atom is 0.249 e. The van der Waals surface area contributed by atoms with Crippen molar-refractivity contribution in [3.63, 3.8) is 0 Å². The van der Waals surface area contributed by atoms with Crippen molar-refractivity contribution in [3.05, 3.63) is 60.3 Å². The number of nitrogens with zero attached hydrogens (tertiary/aromatic N) is 6. The molecule has 0 spiro atoms. The number of benzene rings is 1. The lowest BCUT2D eigenvalue weighted by Crippen LogP contribution is -2.14. The van der Waals surface area contributed by atoms with E-state index in [1.807, 2.05) is 54.7 Å². The van der Waals surface area contributed by atoms with Crippen LogP contribution in [0.4, 0.5) is 5.95 Å². The zero-order valence-corrected chi connectivity index (χ0v) is 14.5. The number of fused-ring (bicyclic) bond motifs is 1. The number of amides is 1. The number of hydrogen-bond acceptors (Lipinski definition) is 5. The van der Waals surface area contributed by atoms with Crippen molar-refractivity contribution in [2.75, 3.05) is 5.32 Å². The normalized spacial score (nSPS) is 13.8. The molecule has 1 amide bonds. The van der Waals surface area contributed by atoms with E-state index in [0.717, 1.165) is 24.1 Å². The van der Waals surface area contributed by atoms with Crippen molar-refractivity contribution in [2.24, 2.45) is 5.92 Å². The molecule has 1 aromatic carbocycles. The van der Waals surface area contributed by atoms with Gasteiger partial charge in [-0.05, 0) is 30.5 Å². The highest BCUT2D eigenvalue weighted by molar-refractivity contribution is 5.92. The Balaban J connectivity index is 1.44. The average molecular weight is 359 g/mol. The van der Waals surface area contributed by atoms with E-state index in [-0.39, 0.29) is 11.8 Å². The Kier molecular flexibility index (Phi) is 3.67. The molecule has 8 nitrogen and oxygen atoms in total. The minimum atomic E-state index is -0.0127. The van der Waals surface area contributed by atoms with Gasteiger partial charge in [0, 0.05) is 5.92 Å². The van der Waals surface area contributed by atoms with Gasteiger partial charge >= 0.3 is 0 Å². The van der Waals surface area contributed by atoms with E-state index in [4.69, 9.17) is 0 Å². The predicted octanol–water partition coefficient (Wildman–Crippen LogP) is 2.38. The smallest absolute Gasteiger partial charge is 0.249 e. The lowest BCUT2D eigenvalue weighted by atomic mass is 10.2. The molecule has 0 saturated heterocycles. The fourth-order valence-corrected chi connectivity index (χ4v) is 2.97. The second-order valence-electron chi connectivity index (χ2n) is 6.67. The van der Waals surface area contributed by atoms with Gasteiger partial charge in [-0.2, -0.15) is 4.98 Å². The van der Waals surface area contributed by atoms with Crippen LogP contribution in [-0.2, 0) is 11.3 Å². The summed E-state index contributed by atoms with van der Waals surface area (Å²) in [5.41, 5.74) is 3.27. The average Bonchev–Trinajstić information content (AvgIpc) is 3.31. The number of anilines is 1. The molecule has 3 heterocycles. The first-order valence-corrected chi connectivity index (χ1v) is 8.87. The Bertz CT molecular complexity index is 1110. The van der Waals surface area contributed by atoms with Crippen LogP contribution in [0.5, 0.6) is 0 Å². The molecule has 1 fully saturated rings. The fraction of sp³-hybridized carbons (Fsp3) is 0.211. The monoisotopic (exact) mass is 359 g/mol. The first-order valence-electron chi connectivity index (χ1n) is 8.87. The number of aromatic nitrogens is 6. The van der Waals surface area contributed by atoms with Crippen LogP contribution >= 0.6 is 0 Å². The van der Waals surface area contributed by atoms with E-state index in [0.29, 0.717) is 23.8 Å². The maximum atomic E-state index is 12.0. The molecule has 0 bridgehead atoms. The summed E-state index contributed by atoms with van der Waals surface area (Å²) in [4.78, 5) is 16.3. The minimum absolute atomic E-state index is 0.0127. The molecule has 27 heavy (non-hydrogen) atoms. The van der Waals surface area contributed by atoms with Gasteiger partial charge in [0.15, 0.2) is 5.65 Å². The van der Waals surface area contributed by atoms with E-state index in [9.17, 15) is 4.79 Å². The van der Waals surface area contributed by atoms with Gasteiger partial charge in [-0.1, -0.05) is 41.6 Å². The number of hydrogen-bond donors (Lipinski definition) is 1. The number of carbonyl (C=O) groups excluding carboxylic acids is 1. The zero-order valence-electron chi connectivity index (χ0n) is 14.5. The quantitative estimate of drug-likeness (QED) is 0.591. The van der Waals surface area contributed by atoms with Crippen molar-refractivity contribution >= 4 is 17.5 Å². The molecule has 0 aliphatic heterocycles. The van der Waals surface area contributed by atoms with Crippen LogP contribution in [0.25, 0.3) is 17.0 Å². The van der Waals surface area contributed by atoms with E-state index in [2.05, 4.69) is 25.7 Å². The van der Waals surface area contributed by atoms with Crippen molar-refractivity contribution in [3.8, 4) is 11.4 Å². The van der Waals surface area contributed by atoms with Gasteiger partial charge < -0.3 is 0 Å². The third-order valence-corrected chi connectivity index (χ3v) is 4.53. The van der Waals surface area contributed by atoms with Crippen molar-refractivity contribution in [1.29, 1.82) is 0 Å². The summed E-state index contributed by atoms with van der Waals surface area (Å²) in [6.45, 7) is 0.643. The Morgan fingerprint density at radius 1 is 1.11 bits per heavy atom. The third kappa shape index (κ3) is 3.17. The number of nitrogens with one attached hydrogen (secondary N) is 1. The summed E-state index contributed by atoms with van der Waals surface area (Å²) in [6, 6.07) is 15.7. The van der Waals surface area contributed by atoms with Gasteiger partial charge in [0.1, 0.15) is 5.69 Å². The molecule has 8 heteroatoms. The van der Waals surface area contributed by atoms with Crippen molar-refractivity contribution < 1.29 is 4.79 Å². The first kappa shape index (κ1) is 15.7. The van der Waals surface area contributed by atoms with E-state index < -0.39 is 0 Å². The Hall–Kier alpha value is -3.55.